The van der Waals surface area contributed by atoms with Crippen LogP contribution in [0, 0.1) is 0 Å². The highest BCUT2D eigenvalue weighted by molar-refractivity contribution is 7.12. The largest absolute Gasteiger partial charge is 0.348 e. The lowest BCUT2D eigenvalue weighted by atomic mass is 10.3. The molecule has 2 amide bonds. The fourth-order valence-electron chi connectivity index (χ4n) is 1.02. The van der Waals surface area contributed by atoms with E-state index >= 15 is 0 Å². The Hall–Kier alpha value is -1.25. The van der Waals surface area contributed by atoms with E-state index in [0.29, 0.717) is 4.88 Å². The molecule has 5 nitrogen and oxygen atoms in total. The maximum Gasteiger partial charge on any atom is 0.277 e. The molecule has 1 heterocycles. The van der Waals surface area contributed by atoms with Gasteiger partial charge in [-0.15, -0.1) is 23.7 Å². The van der Waals surface area contributed by atoms with E-state index in [4.69, 9.17) is 5.73 Å². The predicted molar refractivity (Wildman–Crippen MR) is 70.9 cm³/mol. The molecular formula is C10H14ClF2N3O2S. The summed E-state index contributed by atoms with van der Waals surface area (Å²) in [5, 5.41) is 6.04. The van der Waals surface area contributed by atoms with Crippen molar-refractivity contribution in [2.75, 3.05) is 19.6 Å². The molecule has 1 aromatic heterocycles. The van der Waals surface area contributed by atoms with Gasteiger partial charge in [-0.25, -0.2) is 8.78 Å². The summed E-state index contributed by atoms with van der Waals surface area (Å²) in [6.07, 6.45) is 0. The number of amides is 2. The molecule has 0 bridgehead atoms. The Labute approximate surface area is 119 Å². The minimum atomic E-state index is -3.13. The number of hydrogen-bond acceptors (Lipinski definition) is 4. The van der Waals surface area contributed by atoms with E-state index in [9.17, 15) is 18.4 Å². The van der Waals surface area contributed by atoms with Crippen molar-refractivity contribution in [3.05, 3.63) is 22.4 Å². The second kappa shape index (κ2) is 8.03. The second-order valence-corrected chi connectivity index (χ2v) is 4.44. The molecule has 0 spiro atoms. The van der Waals surface area contributed by atoms with Crippen molar-refractivity contribution in [1.29, 1.82) is 0 Å². The first-order valence-corrected chi connectivity index (χ1v) is 5.99. The molecule has 0 fully saturated rings. The van der Waals surface area contributed by atoms with Crippen LogP contribution in [0.15, 0.2) is 17.5 Å². The van der Waals surface area contributed by atoms with Crippen molar-refractivity contribution in [2.24, 2.45) is 5.73 Å². The topological polar surface area (TPSA) is 84.2 Å². The van der Waals surface area contributed by atoms with Gasteiger partial charge in [0.2, 0.25) is 5.91 Å². The number of nitrogens with two attached hydrogens (primary N) is 1. The van der Waals surface area contributed by atoms with Crippen LogP contribution in [0.3, 0.4) is 0 Å². The van der Waals surface area contributed by atoms with Gasteiger partial charge in [0.25, 0.3) is 11.8 Å². The predicted octanol–water partition coefficient (Wildman–Crippen LogP) is 0.610. The van der Waals surface area contributed by atoms with Crippen LogP contribution in [-0.2, 0) is 4.79 Å². The normalized spacial score (nSPS) is 10.5. The van der Waals surface area contributed by atoms with Gasteiger partial charge in [-0.05, 0) is 11.4 Å². The number of nitrogens with one attached hydrogen (secondary N) is 2. The van der Waals surface area contributed by atoms with Gasteiger partial charge < -0.3 is 16.4 Å². The molecular weight excluding hydrogens is 300 g/mol. The number of carbonyl (C=O) groups is 2. The summed E-state index contributed by atoms with van der Waals surface area (Å²) in [5.41, 5.74) is 4.81. The lowest BCUT2D eigenvalue weighted by Crippen LogP contribution is -2.44. The minimum absolute atomic E-state index is 0. The molecule has 0 aliphatic rings. The Morgan fingerprint density at radius 3 is 2.58 bits per heavy atom. The van der Waals surface area contributed by atoms with Crippen molar-refractivity contribution >= 4 is 35.6 Å². The van der Waals surface area contributed by atoms with Crippen molar-refractivity contribution in [3.8, 4) is 0 Å². The summed E-state index contributed by atoms with van der Waals surface area (Å²) in [5.74, 6) is -4.23. The van der Waals surface area contributed by atoms with Crippen LogP contribution in [0.5, 0.6) is 0 Å². The molecule has 0 unspecified atom stereocenters. The van der Waals surface area contributed by atoms with Gasteiger partial charge in [0.1, 0.15) is 0 Å². The third-order valence-electron chi connectivity index (χ3n) is 2.00. The first-order chi connectivity index (χ1) is 8.44. The lowest BCUT2D eigenvalue weighted by molar-refractivity contribution is -0.121. The molecule has 0 saturated carbocycles. The van der Waals surface area contributed by atoms with Crippen LogP contribution in [0.1, 0.15) is 9.67 Å². The smallest absolute Gasteiger partial charge is 0.277 e. The fraction of sp³-hybridized carbons (Fsp3) is 0.400. The Bertz CT molecular complexity index is 415. The zero-order valence-corrected chi connectivity index (χ0v) is 11.5. The highest BCUT2D eigenvalue weighted by Gasteiger charge is 2.27. The maximum absolute atomic E-state index is 12.7. The molecule has 19 heavy (non-hydrogen) atoms. The first-order valence-electron chi connectivity index (χ1n) is 5.11. The zero-order valence-electron chi connectivity index (χ0n) is 9.82. The van der Waals surface area contributed by atoms with E-state index in [-0.39, 0.29) is 19.0 Å². The SMILES string of the molecule is Cl.NCC(F)(F)CNC(=O)CNC(=O)c1cccs1. The molecule has 0 radical (unpaired) electrons. The van der Waals surface area contributed by atoms with E-state index in [0.717, 1.165) is 0 Å². The third-order valence-corrected chi connectivity index (χ3v) is 2.87. The summed E-state index contributed by atoms with van der Waals surface area (Å²) in [4.78, 5) is 23.1. The van der Waals surface area contributed by atoms with Gasteiger partial charge in [0.05, 0.1) is 24.5 Å². The highest BCUT2D eigenvalue weighted by Crippen LogP contribution is 2.08. The van der Waals surface area contributed by atoms with Crippen LogP contribution < -0.4 is 16.4 Å². The quantitative estimate of drug-likeness (QED) is 0.719. The second-order valence-electron chi connectivity index (χ2n) is 3.50. The molecule has 0 aliphatic heterocycles. The van der Waals surface area contributed by atoms with Gasteiger partial charge >= 0.3 is 0 Å². The molecule has 9 heteroatoms. The molecule has 0 aromatic carbocycles. The average molecular weight is 314 g/mol. The molecule has 108 valence electrons. The fourth-order valence-corrected chi connectivity index (χ4v) is 1.66. The van der Waals surface area contributed by atoms with Crippen molar-refractivity contribution in [1.82, 2.24) is 10.6 Å². The average Bonchev–Trinajstić information content (AvgIpc) is 2.87. The van der Waals surface area contributed by atoms with E-state index in [1.54, 1.807) is 17.5 Å². The lowest BCUT2D eigenvalue weighted by Gasteiger charge is -2.14. The molecule has 0 atom stereocenters. The molecule has 0 aliphatic carbocycles. The van der Waals surface area contributed by atoms with Crippen LogP contribution in [0.25, 0.3) is 0 Å². The number of halogens is 3. The van der Waals surface area contributed by atoms with Gasteiger partial charge in [0.15, 0.2) is 0 Å². The summed E-state index contributed by atoms with van der Waals surface area (Å²) < 4.78 is 25.4. The van der Waals surface area contributed by atoms with Gasteiger partial charge in [-0.3, -0.25) is 9.59 Å². The Morgan fingerprint density at radius 1 is 1.37 bits per heavy atom. The van der Waals surface area contributed by atoms with Crippen LogP contribution in [0.4, 0.5) is 8.78 Å². The van der Waals surface area contributed by atoms with Crippen molar-refractivity contribution in [3.63, 3.8) is 0 Å². The summed E-state index contributed by atoms with van der Waals surface area (Å²) >= 11 is 1.22. The Morgan fingerprint density at radius 2 is 2.05 bits per heavy atom. The third kappa shape index (κ3) is 6.46. The molecule has 1 aromatic rings. The molecule has 0 saturated heterocycles. The monoisotopic (exact) mass is 313 g/mol. The summed E-state index contributed by atoms with van der Waals surface area (Å²) in [7, 11) is 0. The maximum atomic E-state index is 12.7. The minimum Gasteiger partial charge on any atom is -0.348 e. The summed E-state index contributed by atoms with van der Waals surface area (Å²) in [6.45, 7) is -2.02. The van der Waals surface area contributed by atoms with E-state index in [1.165, 1.54) is 11.3 Å². The number of carbonyl (C=O) groups excluding carboxylic acids is 2. The van der Waals surface area contributed by atoms with Gasteiger partial charge in [-0.2, -0.15) is 0 Å². The zero-order chi connectivity index (χ0) is 13.6. The van der Waals surface area contributed by atoms with E-state index < -0.39 is 30.8 Å². The first kappa shape index (κ1) is 17.8. The highest BCUT2D eigenvalue weighted by atomic mass is 35.5. The Balaban J connectivity index is 0.00000324. The van der Waals surface area contributed by atoms with Crippen LogP contribution >= 0.6 is 23.7 Å². The molecule has 4 N–H and O–H groups in total. The van der Waals surface area contributed by atoms with Crippen LogP contribution in [-0.4, -0.2) is 37.4 Å². The van der Waals surface area contributed by atoms with Gasteiger partial charge in [0, 0.05) is 0 Å². The number of thiophene rings is 1. The number of hydrogen-bond donors (Lipinski definition) is 3. The van der Waals surface area contributed by atoms with E-state index in [2.05, 4.69) is 5.32 Å². The van der Waals surface area contributed by atoms with Crippen molar-refractivity contribution in [2.45, 2.75) is 5.92 Å². The number of rotatable bonds is 6. The summed E-state index contributed by atoms with van der Waals surface area (Å²) in [6, 6.07) is 3.29. The van der Waals surface area contributed by atoms with Crippen LogP contribution in [0.2, 0.25) is 0 Å². The van der Waals surface area contributed by atoms with E-state index in [1.807, 2.05) is 5.32 Å². The Kier molecular flexibility index (Phi) is 7.50. The van der Waals surface area contributed by atoms with Crippen molar-refractivity contribution < 1.29 is 18.4 Å². The standard InChI is InChI=1S/C10H13F2N3O2S.ClH/c11-10(12,5-13)6-15-8(16)4-14-9(17)7-2-1-3-18-7;/h1-3H,4-6,13H2,(H,14,17)(H,15,16);1H. The number of alkyl halides is 2. The van der Waals surface area contributed by atoms with Gasteiger partial charge in [-0.1, -0.05) is 6.07 Å². The molecule has 1 rings (SSSR count).